The molecule has 0 radical (unpaired) electrons. The van der Waals surface area contributed by atoms with Crippen molar-refractivity contribution in [1.29, 1.82) is 0 Å². The number of nitrogens with one attached hydrogen (secondary N) is 1. The molecule has 1 aliphatic heterocycles. The minimum absolute atomic E-state index is 0.0618. The molecule has 2 rings (SSSR count). The van der Waals surface area contributed by atoms with Crippen LogP contribution in [0.5, 0.6) is 0 Å². The summed E-state index contributed by atoms with van der Waals surface area (Å²) in [7, 11) is 0. The van der Waals surface area contributed by atoms with Gasteiger partial charge in [0, 0.05) is 24.2 Å². The zero-order valence-electron chi connectivity index (χ0n) is 12.4. The normalized spacial score (nSPS) is 18.5. The maximum absolute atomic E-state index is 13.9. The molecule has 1 amide bonds. The van der Waals surface area contributed by atoms with E-state index in [1.54, 1.807) is 4.90 Å². The number of amides is 1. The Kier molecular flexibility index (Phi) is 6.00. The fourth-order valence-corrected chi connectivity index (χ4v) is 2.90. The highest BCUT2D eigenvalue weighted by Gasteiger charge is 2.23. The van der Waals surface area contributed by atoms with Gasteiger partial charge in [-0.15, -0.1) is 0 Å². The van der Waals surface area contributed by atoms with E-state index < -0.39 is 5.82 Å². The van der Waals surface area contributed by atoms with Crippen molar-refractivity contribution in [3.05, 3.63) is 34.6 Å². The van der Waals surface area contributed by atoms with E-state index in [9.17, 15) is 9.18 Å². The Labute approximate surface area is 130 Å². The highest BCUT2D eigenvalue weighted by atomic mass is 35.5. The predicted octanol–water partition coefficient (Wildman–Crippen LogP) is 3.47. The third kappa shape index (κ3) is 4.42. The lowest BCUT2D eigenvalue weighted by molar-refractivity contribution is 0.0727. The van der Waals surface area contributed by atoms with Gasteiger partial charge in [0.25, 0.3) is 5.91 Å². The fraction of sp³-hybridized carbons (Fsp3) is 0.562. The first-order valence-corrected chi connectivity index (χ1v) is 7.97. The Morgan fingerprint density at radius 1 is 1.48 bits per heavy atom. The van der Waals surface area contributed by atoms with Crippen LogP contribution in [-0.4, -0.2) is 36.5 Å². The Morgan fingerprint density at radius 2 is 2.29 bits per heavy atom. The van der Waals surface area contributed by atoms with Gasteiger partial charge in [0.2, 0.25) is 0 Å². The highest BCUT2D eigenvalue weighted by Crippen LogP contribution is 2.18. The van der Waals surface area contributed by atoms with Gasteiger partial charge in [0.05, 0.1) is 5.56 Å². The molecular weight excluding hydrogens is 291 g/mol. The van der Waals surface area contributed by atoms with Gasteiger partial charge < -0.3 is 10.2 Å². The molecule has 0 bridgehead atoms. The molecule has 0 aliphatic carbocycles. The first-order chi connectivity index (χ1) is 10.1. The summed E-state index contributed by atoms with van der Waals surface area (Å²) in [4.78, 5) is 14.3. The minimum atomic E-state index is -0.512. The van der Waals surface area contributed by atoms with E-state index in [1.165, 1.54) is 31.0 Å². The molecule has 1 heterocycles. The Bertz CT molecular complexity index is 489. The predicted molar refractivity (Wildman–Crippen MR) is 83.2 cm³/mol. The second-order valence-corrected chi connectivity index (χ2v) is 5.96. The van der Waals surface area contributed by atoms with E-state index in [2.05, 4.69) is 5.32 Å². The van der Waals surface area contributed by atoms with Gasteiger partial charge in [-0.2, -0.15) is 0 Å². The lowest BCUT2D eigenvalue weighted by Crippen LogP contribution is -2.46. The zero-order chi connectivity index (χ0) is 15.2. The minimum Gasteiger partial charge on any atom is -0.337 e. The number of piperidine rings is 1. The van der Waals surface area contributed by atoms with Crippen LogP contribution in [0.4, 0.5) is 4.39 Å². The van der Waals surface area contributed by atoms with E-state index in [0.717, 1.165) is 19.4 Å². The molecule has 5 heteroatoms. The van der Waals surface area contributed by atoms with Crippen LogP contribution in [-0.2, 0) is 0 Å². The van der Waals surface area contributed by atoms with Crippen molar-refractivity contribution in [1.82, 2.24) is 10.2 Å². The maximum Gasteiger partial charge on any atom is 0.256 e. The number of carbonyl (C=O) groups is 1. The van der Waals surface area contributed by atoms with Gasteiger partial charge in [-0.1, -0.05) is 24.9 Å². The SMILES string of the molecule is CCCN(CC1CCCCN1)C(=O)c1cc(Cl)ccc1F. The fourth-order valence-electron chi connectivity index (χ4n) is 2.72. The number of hydrogen-bond donors (Lipinski definition) is 1. The molecule has 1 aliphatic rings. The largest absolute Gasteiger partial charge is 0.337 e. The number of halogens is 2. The van der Waals surface area contributed by atoms with E-state index in [1.807, 2.05) is 6.92 Å². The summed E-state index contributed by atoms with van der Waals surface area (Å²) in [5.74, 6) is -0.786. The lowest BCUT2D eigenvalue weighted by Gasteiger charge is -2.30. The molecule has 0 spiro atoms. The van der Waals surface area contributed by atoms with Crippen LogP contribution in [0.3, 0.4) is 0 Å². The van der Waals surface area contributed by atoms with E-state index in [0.29, 0.717) is 24.2 Å². The third-order valence-corrected chi connectivity index (χ3v) is 4.03. The van der Waals surface area contributed by atoms with Crippen molar-refractivity contribution < 1.29 is 9.18 Å². The molecule has 1 aromatic rings. The number of benzene rings is 1. The van der Waals surface area contributed by atoms with Gasteiger partial charge in [0.1, 0.15) is 5.82 Å². The number of hydrogen-bond acceptors (Lipinski definition) is 2. The average molecular weight is 313 g/mol. The van der Waals surface area contributed by atoms with Crippen molar-refractivity contribution in [3.63, 3.8) is 0 Å². The number of rotatable bonds is 5. The smallest absolute Gasteiger partial charge is 0.256 e. The summed E-state index contributed by atoms with van der Waals surface area (Å²) >= 11 is 5.88. The molecule has 1 aromatic carbocycles. The second-order valence-electron chi connectivity index (χ2n) is 5.52. The van der Waals surface area contributed by atoms with Crippen molar-refractivity contribution in [2.75, 3.05) is 19.6 Å². The maximum atomic E-state index is 13.9. The summed E-state index contributed by atoms with van der Waals surface area (Å²) in [5, 5.41) is 3.81. The van der Waals surface area contributed by atoms with E-state index in [4.69, 9.17) is 11.6 Å². The van der Waals surface area contributed by atoms with Crippen LogP contribution in [0.25, 0.3) is 0 Å². The van der Waals surface area contributed by atoms with Crippen LogP contribution in [0.1, 0.15) is 43.0 Å². The Morgan fingerprint density at radius 3 is 2.95 bits per heavy atom. The van der Waals surface area contributed by atoms with Crippen molar-refractivity contribution in [2.24, 2.45) is 0 Å². The summed E-state index contributed by atoms with van der Waals surface area (Å²) in [6.07, 6.45) is 4.27. The summed E-state index contributed by atoms with van der Waals surface area (Å²) < 4.78 is 13.9. The van der Waals surface area contributed by atoms with Crippen molar-refractivity contribution >= 4 is 17.5 Å². The van der Waals surface area contributed by atoms with Crippen LogP contribution >= 0.6 is 11.6 Å². The molecule has 1 N–H and O–H groups in total. The molecule has 1 fully saturated rings. The number of carbonyl (C=O) groups excluding carboxylic acids is 1. The van der Waals surface area contributed by atoms with Crippen LogP contribution in [0.15, 0.2) is 18.2 Å². The molecule has 0 saturated carbocycles. The van der Waals surface area contributed by atoms with Gasteiger partial charge in [0.15, 0.2) is 0 Å². The lowest BCUT2D eigenvalue weighted by atomic mass is 10.0. The number of nitrogens with zero attached hydrogens (tertiary/aromatic N) is 1. The molecule has 1 saturated heterocycles. The molecule has 3 nitrogen and oxygen atoms in total. The molecule has 0 aromatic heterocycles. The first-order valence-electron chi connectivity index (χ1n) is 7.59. The second kappa shape index (κ2) is 7.76. The van der Waals surface area contributed by atoms with Crippen molar-refractivity contribution in [2.45, 2.75) is 38.6 Å². The summed E-state index contributed by atoms with van der Waals surface area (Å²) in [5.41, 5.74) is 0.0618. The van der Waals surface area contributed by atoms with Gasteiger partial charge in [-0.05, 0) is 44.0 Å². The molecule has 21 heavy (non-hydrogen) atoms. The van der Waals surface area contributed by atoms with Gasteiger partial charge in [-0.25, -0.2) is 4.39 Å². The Hall–Kier alpha value is -1.13. The summed E-state index contributed by atoms with van der Waals surface area (Å²) in [6, 6.07) is 4.42. The average Bonchev–Trinajstić information content (AvgIpc) is 2.49. The molecule has 1 atom stereocenters. The zero-order valence-corrected chi connectivity index (χ0v) is 13.1. The first kappa shape index (κ1) is 16.2. The van der Waals surface area contributed by atoms with Crippen LogP contribution in [0, 0.1) is 5.82 Å². The quantitative estimate of drug-likeness (QED) is 0.903. The van der Waals surface area contributed by atoms with E-state index in [-0.39, 0.29) is 11.5 Å². The van der Waals surface area contributed by atoms with Gasteiger partial charge >= 0.3 is 0 Å². The molecule has 1 unspecified atom stereocenters. The molecule has 116 valence electrons. The van der Waals surface area contributed by atoms with Crippen LogP contribution < -0.4 is 5.32 Å². The highest BCUT2D eigenvalue weighted by molar-refractivity contribution is 6.31. The van der Waals surface area contributed by atoms with Gasteiger partial charge in [-0.3, -0.25) is 4.79 Å². The monoisotopic (exact) mass is 312 g/mol. The molecular formula is C16H22ClFN2O. The standard InChI is InChI=1S/C16H22ClFN2O/c1-2-9-20(11-13-5-3-4-8-19-13)16(21)14-10-12(17)6-7-15(14)18/h6-7,10,13,19H,2-5,8-9,11H2,1H3. The topological polar surface area (TPSA) is 32.3 Å². The Balaban J connectivity index is 2.12. The van der Waals surface area contributed by atoms with Crippen molar-refractivity contribution in [3.8, 4) is 0 Å². The third-order valence-electron chi connectivity index (χ3n) is 3.79. The van der Waals surface area contributed by atoms with Crippen LogP contribution in [0.2, 0.25) is 5.02 Å². The summed E-state index contributed by atoms with van der Waals surface area (Å²) in [6.45, 7) is 4.26. The van der Waals surface area contributed by atoms with E-state index >= 15 is 0 Å².